The molecule has 0 saturated heterocycles. The quantitative estimate of drug-likeness (QED) is 0.556. The number of aryl methyl sites for hydroxylation is 1. The molecule has 0 aliphatic carbocycles. The molecule has 10 nitrogen and oxygen atoms in total. The Morgan fingerprint density at radius 2 is 2.00 bits per heavy atom. The van der Waals surface area contributed by atoms with Crippen molar-refractivity contribution < 1.29 is 14.3 Å². The van der Waals surface area contributed by atoms with Crippen LogP contribution >= 0.6 is 0 Å². The number of rotatable bonds is 8. The number of hydrogen-bond acceptors (Lipinski definition) is 6. The summed E-state index contributed by atoms with van der Waals surface area (Å²) in [7, 11) is 0. The topological polar surface area (TPSA) is 116 Å². The molecule has 0 fully saturated rings. The summed E-state index contributed by atoms with van der Waals surface area (Å²) >= 11 is 0. The van der Waals surface area contributed by atoms with Gasteiger partial charge in [-0.25, -0.2) is 0 Å². The minimum absolute atomic E-state index is 0.117. The second-order valence-corrected chi connectivity index (χ2v) is 7.52. The maximum absolute atomic E-state index is 13.2. The maximum Gasteiger partial charge on any atom is 0.268 e. The fraction of sp³-hybridized carbons (Fsp3) is 0.409. The predicted molar refractivity (Wildman–Crippen MR) is 116 cm³/mol. The summed E-state index contributed by atoms with van der Waals surface area (Å²) in [5, 5.41) is 17.9. The lowest BCUT2D eigenvalue weighted by Crippen LogP contribution is -2.30. The van der Waals surface area contributed by atoms with Crippen LogP contribution in [0.2, 0.25) is 0 Å². The van der Waals surface area contributed by atoms with Gasteiger partial charge in [0, 0.05) is 6.54 Å². The third-order valence-electron chi connectivity index (χ3n) is 5.48. The van der Waals surface area contributed by atoms with Gasteiger partial charge in [-0.3, -0.25) is 9.59 Å². The van der Waals surface area contributed by atoms with Crippen molar-refractivity contribution in [2.75, 3.05) is 6.61 Å². The molecule has 1 aliphatic heterocycles. The minimum atomic E-state index is -0.296. The Morgan fingerprint density at radius 1 is 1.19 bits per heavy atom. The number of carbonyl (C=O) groups excluding carboxylic acids is 2. The summed E-state index contributed by atoms with van der Waals surface area (Å²) in [6.45, 7) is 5.97. The third-order valence-corrected chi connectivity index (χ3v) is 5.48. The molecule has 0 saturated carbocycles. The number of aromatic nitrogens is 5. The second kappa shape index (κ2) is 9.73. The number of benzene rings is 1. The summed E-state index contributed by atoms with van der Waals surface area (Å²) in [5.74, 6) is -0.0859. The van der Waals surface area contributed by atoms with Crippen LogP contribution in [0.4, 0.5) is 0 Å². The van der Waals surface area contributed by atoms with Gasteiger partial charge in [-0.15, -0.1) is 10.2 Å². The van der Waals surface area contributed by atoms with Crippen LogP contribution in [0.5, 0.6) is 0 Å². The van der Waals surface area contributed by atoms with Gasteiger partial charge in [0.1, 0.15) is 5.69 Å². The van der Waals surface area contributed by atoms with Crippen molar-refractivity contribution in [3.05, 3.63) is 64.7 Å². The molecule has 2 aromatic heterocycles. The summed E-state index contributed by atoms with van der Waals surface area (Å²) in [5.41, 5.74) is 2.62. The zero-order valence-corrected chi connectivity index (χ0v) is 18.2. The van der Waals surface area contributed by atoms with Crippen molar-refractivity contribution >= 4 is 11.8 Å². The third kappa shape index (κ3) is 4.54. The van der Waals surface area contributed by atoms with Crippen LogP contribution in [0, 0.1) is 0 Å². The Morgan fingerprint density at radius 3 is 2.72 bits per heavy atom. The zero-order valence-electron chi connectivity index (χ0n) is 18.2. The predicted octanol–water partition coefficient (Wildman–Crippen LogP) is 1.84. The Balaban J connectivity index is 1.53. The van der Waals surface area contributed by atoms with Crippen molar-refractivity contribution in [3.8, 4) is 0 Å². The summed E-state index contributed by atoms with van der Waals surface area (Å²) < 4.78 is 7.43. The standard InChI is InChI=1S/C22H27N7O3/c1-3-17(15-8-6-5-7-9-15)24-21(30)16-12-18(28-10-11-32-14-19(16)28)22(31)23-13-20-25-27-29(4-2)26-20/h5-9,12,17H,3-4,10-11,13-14H2,1-2H3,(H,23,31)(H,24,30)/t17-/m1/s1. The number of carbonyl (C=O) groups is 2. The summed E-state index contributed by atoms with van der Waals surface area (Å²) in [6.07, 6.45) is 0.751. The van der Waals surface area contributed by atoms with Gasteiger partial charge in [0.2, 0.25) is 0 Å². The number of hydrogen-bond donors (Lipinski definition) is 2. The molecule has 0 unspecified atom stereocenters. The van der Waals surface area contributed by atoms with Gasteiger partial charge >= 0.3 is 0 Å². The Bertz CT molecular complexity index is 1090. The van der Waals surface area contributed by atoms with E-state index < -0.39 is 0 Å². The first-order valence-corrected chi connectivity index (χ1v) is 10.8. The molecule has 0 bridgehead atoms. The summed E-state index contributed by atoms with van der Waals surface area (Å²) in [6, 6.07) is 11.4. The van der Waals surface area contributed by atoms with Crippen LogP contribution in [0.25, 0.3) is 0 Å². The number of nitrogens with zero attached hydrogens (tertiary/aromatic N) is 5. The Hall–Kier alpha value is -3.53. The van der Waals surface area contributed by atoms with E-state index in [9.17, 15) is 9.59 Å². The van der Waals surface area contributed by atoms with Gasteiger partial charge in [-0.05, 0) is 30.2 Å². The molecule has 2 N–H and O–H groups in total. The molecule has 10 heteroatoms. The van der Waals surface area contributed by atoms with E-state index in [0.717, 1.165) is 12.0 Å². The molecule has 168 valence electrons. The summed E-state index contributed by atoms with van der Waals surface area (Å²) in [4.78, 5) is 27.5. The first kappa shape index (κ1) is 21.7. The Labute approximate surface area is 185 Å². The van der Waals surface area contributed by atoms with E-state index in [1.807, 2.05) is 48.7 Å². The largest absolute Gasteiger partial charge is 0.373 e. The molecule has 3 aromatic rings. The molecule has 1 atom stereocenters. The molecule has 1 aliphatic rings. The van der Waals surface area contributed by atoms with Crippen LogP contribution in [-0.2, 0) is 31.0 Å². The fourth-order valence-electron chi connectivity index (χ4n) is 3.78. The monoisotopic (exact) mass is 437 g/mol. The van der Waals surface area contributed by atoms with E-state index in [2.05, 4.69) is 26.0 Å². The molecule has 0 radical (unpaired) electrons. The van der Waals surface area contributed by atoms with Gasteiger partial charge < -0.3 is 19.9 Å². The molecule has 2 amide bonds. The van der Waals surface area contributed by atoms with Gasteiger partial charge in [-0.1, -0.05) is 37.3 Å². The highest BCUT2D eigenvalue weighted by Gasteiger charge is 2.27. The number of fused-ring (bicyclic) bond motifs is 1. The molecule has 1 aromatic carbocycles. The van der Waals surface area contributed by atoms with E-state index in [1.54, 1.807) is 6.07 Å². The van der Waals surface area contributed by atoms with E-state index in [1.165, 1.54) is 4.80 Å². The highest BCUT2D eigenvalue weighted by Crippen LogP contribution is 2.23. The highest BCUT2D eigenvalue weighted by molar-refractivity contribution is 6.00. The normalized spacial score (nSPS) is 13.9. The Kier molecular flexibility index (Phi) is 6.60. The van der Waals surface area contributed by atoms with E-state index in [0.29, 0.717) is 42.5 Å². The van der Waals surface area contributed by atoms with Crippen LogP contribution in [-0.4, -0.2) is 43.2 Å². The molecule has 4 rings (SSSR count). The van der Waals surface area contributed by atoms with Crippen molar-refractivity contribution in [2.45, 2.75) is 52.6 Å². The molecular weight excluding hydrogens is 410 g/mol. The number of tetrazole rings is 1. The molecular formula is C22H27N7O3. The van der Waals surface area contributed by atoms with Crippen LogP contribution in [0.1, 0.15) is 64.2 Å². The first-order chi connectivity index (χ1) is 15.6. The number of amides is 2. The zero-order chi connectivity index (χ0) is 22.5. The lowest BCUT2D eigenvalue weighted by Gasteiger charge is -2.20. The first-order valence-electron chi connectivity index (χ1n) is 10.8. The molecule has 0 spiro atoms. The van der Waals surface area contributed by atoms with Gasteiger partial charge in [-0.2, -0.15) is 4.80 Å². The molecule has 3 heterocycles. The van der Waals surface area contributed by atoms with Crippen molar-refractivity contribution in [2.24, 2.45) is 0 Å². The van der Waals surface area contributed by atoms with E-state index in [-0.39, 0.29) is 31.0 Å². The average molecular weight is 438 g/mol. The second-order valence-electron chi connectivity index (χ2n) is 7.52. The van der Waals surface area contributed by atoms with Crippen molar-refractivity contribution in [3.63, 3.8) is 0 Å². The maximum atomic E-state index is 13.2. The SMILES string of the molecule is CC[C@@H](NC(=O)c1cc(C(=O)NCc2nnn(CC)n2)n2c1COCC2)c1ccccc1. The van der Waals surface area contributed by atoms with Crippen molar-refractivity contribution in [1.82, 2.24) is 35.4 Å². The molecule has 32 heavy (non-hydrogen) atoms. The lowest BCUT2D eigenvalue weighted by atomic mass is 10.0. The average Bonchev–Trinajstić information content (AvgIpc) is 3.46. The van der Waals surface area contributed by atoms with Crippen LogP contribution in [0.3, 0.4) is 0 Å². The number of ether oxygens (including phenoxy) is 1. The lowest BCUT2D eigenvalue weighted by molar-refractivity contribution is 0.0776. The van der Waals surface area contributed by atoms with Gasteiger partial charge in [0.25, 0.3) is 11.8 Å². The van der Waals surface area contributed by atoms with E-state index in [4.69, 9.17) is 4.74 Å². The van der Waals surface area contributed by atoms with Gasteiger partial charge in [0.05, 0.1) is 43.6 Å². The van der Waals surface area contributed by atoms with Gasteiger partial charge in [0.15, 0.2) is 5.82 Å². The van der Waals surface area contributed by atoms with E-state index >= 15 is 0 Å². The van der Waals surface area contributed by atoms with Crippen molar-refractivity contribution in [1.29, 1.82) is 0 Å². The minimum Gasteiger partial charge on any atom is -0.373 e. The van der Waals surface area contributed by atoms with Crippen LogP contribution in [0.15, 0.2) is 36.4 Å². The fourth-order valence-corrected chi connectivity index (χ4v) is 3.78. The van der Waals surface area contributed by atoms with Crippen LogP contribution < -0.4 is 10.6 Å². The number of nitrogens with one attached hydrogen (secondary N) is 2. The highest BCUT2D eigenvalue weighted by atomic mass is 16.5. The smallest absolute Gasteiger partial charge is 0.268 e.